The van der Waals surface area contributed by atoms with E-state index in [1.54, 1.807) is 0 Å². The molecule has 0 aliphatic carbocycles. The zero-order valence-corrected chi connectivity index (χ0v) is 17.5. The van der Waals surface area contributed by atoms with E-state index in [-0.39, 0.29) is 12.4 Å². The number of hydrogen-bond donors (Lipinski definition) is 0. The normalized spacial score (nSPS) is 19.7. The molecule has 0 fully saturated rings. The lowest BCUT2D eigenvalue weighted by atomic mass is 10.0. The average Bonchev–Trinajstić information content (AvgIpc) is 2.87. The highest BCUT2D eigenvalue weighted by Gasteiger charge is 2.24. The molecule has 0 aromatic heterocycles. The lowest BCUT2D eigenvalue weighted by Gasteiger charge is -2.27. The highest BCUT2D eigenvalue weighted by Crippen LogP contribution is 2.17. The van der Waals surface area contributed by atoms with Crippen molar-refractivity contribution in [1.82, 2.24) is 4.90 Å². The lowest BCUT2D eigenvalue weighted by molar-refractivity contribution is -0.861. The first kappa shape index (κ1) is 23.8. The summed E-state index contributed by atoms with van der Waals surface area (Å²) in [6.07, 6.45) is 24.8. The van der Waals surface area contributed by atoms with Crippen molar-refractivity contribution in [3.8, 4) is 0 Å². The first-order chi connectivity index (χ1) is 11.2. The van der Waals surface area contributed by atoms with Crippen LogP contribution in [0.4, 0.5) is 0 Å². The third-order valence-corrected chi connectivity index (χ3v) is 5.25. The second-order valence-corrected chi connectivity index (χ2v) is 8.00. The highest BCUT2D eigenvalue weighted by atomic mass is 35.5. The van der Waals surface area contributed by atoms with Crippen LogP contribution in [0.25, 0.3) is 0 Å². The largest absolute Gasteiger partial charge is 1.00 e. The predicted octanol–water partition coefficient (Wildman–Crippen LogP) is 3.29. The van der Waals surface area contributed by atoms with Crippen LogP contribution in [0.2, 0.25) is 0 Å². The Hall–Kier alpha value is -0.210. The predicted molar refractivity (Wildman–Crippen MR) is 103 cm³/mol. The molecule has 1 heterocycles. The number of quaternary nitrogens is 1. The van der Waals surface area contributed by atoms with Crippen LogP contribution >= 0.6 is 0 Å². The maximum atomic E-state index is 2.35. The van der Waals surface area contributed by atoms with Crippen LogP contribution in [0.3, 0.4) is 0 Å². The minimum Gasteiger partial charge on any atom is -1.00 e. The second kappa shape index (κ2) is 15.1. The molecule has 1 rings (SSSR count). The second-order valence-electron chi connectivity index (χ2n) is 8.00. The number of hydrogen-bond acceptors (Lipinski definition) is 1. The third-order valence-electron chi connectivity index (χ3n) is 5.25. The smallest absolute Gasteiger partial charge is 0.158 e. The van der Waals surface area contributed by atoms with Gasteiger partial charge in [0.25, 0.3) is 0 Å². The van der Waals surface area contributed by atoms with Crippen molar-refractivity contribution in [2.45, 2.75) is 96.8 Å². The van der Waals surface area contributed by atoms with E-state index in [4.69, 9.17) is 0 Å². The monoisotopic (exact) mass is 358 g/mol. The van der Waals surface area contributed by atoms with Crippen LogP contribution in [0.5, 0.6) is 0 Å². The number of rotatable bonds is 15. The van der Waals surface area contributed by atoms with Crippen molar-refractivity contribution in [3.63, 3.8) is 0 Å². The molecule has 1 atom stereocenters. The molecule has 0 N–H and O–H groups in total. The summed E-state index contributed by atoms with van der Waals surface area (Å²) in [5, 5.41) is 0. The van der Waals surface area contributed by atoms with Gasteiger partial charge in [-0.05, 0) is 12.8 Å². The lowest BCUT2D eigenvalue weighted by Crippen LogP contribution is -3.00. The van der Waals surface area contributed by atoms with Gasteiger partial charge in [0.15, 0.2) is 6.67 Å². The van der Waals surface area contributed by atoms with Crippen molar-refractivity contribution in [1.29, 1.82) is 0 Å². The zero-order valence-electron chi connectivity index (χ0n) is 16.7. The molecule has 0 spiro atoms. The number of nitrogens with zero attached hydrogens (tertiary/aromatic N) is 2. The van der Waals surface area contributed by atoms with E-state index in [9.17, 15) is 0 Å². The van der Waals surface area contributed by atoms with Gasteiger partial charge in [-0.3, -0.25) is 4.48 Å². The molecule has 144 valence electrons. The summed E-state index contributed by atoms with van der Waals surface area (Å²) in [5.74, 6) is 0. The number of halogens is 1. The molecular weight excluding hydrogens is 316 g/mol. The maximum absolute atomic E-state index is 2.35. The topological polar surface area (TPSA) is 3.24 Å². The van der Waals surface area contributed by atoms with Crippen molar-refractivity contribution in [3.05, 3.63) is 12.4 Å². The van der Waals surface area contributed by atoms with Gasteiger partial charge in [-0.15, -0.1) is 0 Å². The fourth-order valence-electron chi connectivity index (χ4n) is 3.69. The van der Waals surface area contributed by atoms with Gasteiger partial charge < -0.3 is 17.3 Å². The third kappa shape index (κ3) is 12.2. The van der Waals surface area contributed by atoms with E-state index in [1.165, 1.54) is 96.4 Å². The summed E-state index contributed by atoms with van der Waals surface area (Å²) < 4.78 is 1.11. The van der Waals surface area contributed by atoms with Gasteiger partial charge in [0.2, 0.25) is 0 Å². The molecule has 0 amide bonds. The maximum Gasteiger partial charge on any atom is 0.158 e. The van der Waals surface area contributed by atoms with Crippen molar-refractivity contribution < 1.29 is 16.9 Å². The van der Waals surface area contributed by atoms with E-state index in [2.05, 4.69) is 38.3 Å². The Balaban J connectivity index is 0.00000529. The summed E-state index contributed by atoms with van der Waals surface area (Å²) in [5.41, 5.74) is 0. The fraction of sp³-hybridized carbons (Fsp3) is 0.905. The molecule has 1 unspecified atom stereocenters. The van der Waals surface area contributed by atoms with E-state index < -0.39 is 0 Å². The van der Waals surface area contributed by atoms with E-state index in [0.717, 1.165) is 11.2 Å². The molecule has 0 radical (unpaired) electrons. The molecule has 2 nitrogen and oxygen atoms in total. The Labute approximate surface area is 158 Å². The minimum atomic E-state index is 0. The molecule has 0 aromatic rings. The molecule has 0 bridgehead atoms. The summed E-state index contributed by atoms with van der Waals surface area (Å²) in [7, 11) is 4.52. The van der Waals surface area contributed by atoms with Gasteiger partial charge in [-0.25, -0.2) is 0 Å². The van der Waals surface area contributed by atoms with Gasteiger partial charge in [-0.1, -0.05) is 84.0 Å². The Bertz CT molecular complexity index is 306. The van der Waals surface area contributed by atoms with Gasteiger partial charge in [0, 0.05) is 7.05 Å². The summed E-state index contributed by atoms with van der Waals surface area (Å²) in [4.78, 5) is 2.30. The van der Waals surface area contributed by atoms with Crippen LogP contribution < -0.4 is 12.4 Å². The Morgan fingerprint density at radius 1 is 0.750 bits per heavy atom. The molecule has 24 heavy (non-hydrogen) atoms. The summed E-state index contributed by atoms with van der Waals surface area (Å²) in [6.45, 7) is 4.75. The molecular formula is C21H43ClN2. The summed E-state index contributed by atoms with van der Waals surface area (Å²) >= 11 is 0. The van der Waals surface area contributed by atoms with Crippen molar-refractivity contribution in [2.24, 2.45) is 0 Å². The minimum absolute atomic E-state index is 0. The van der Waals surface area contributed by atoms with Crippen LogP contribution in [0, 0.1) is 0 Å². The Kier molecular flexibility index (Phi) is 14.9. The SMILES string of the molecule is CCCCCCCCCCCCCCCC[N+]1(C)C=CN(C)C1.[Cl-]. The van der Waals surface area contributed by atoms with Crippen LogP contribution in [0.15, 0.2) is 12.4 Å². The van der Waals surface area contributed by atoms with Crippen molar-refractivity contribution >= 4 is 0 Å². The standard InChI is InChI=1S/C21H43N2.ClH/c1-4-5-6-7-8-9-10-11-12-13-14-15-16-17-19-23(3)20-18-22(2)21-23;/h18,20H,4-17,19,21H2,1-3H3;1H/q+1;/p-1. The van der Waals surface area contributed by atoms with Gasteiger partial charge in [0.1, 0.15) is 6.20 Å². The van der Waals surface area contributed by atoms with Crippen LogP contribution in [-0.2, 0) is 0 Å². The van der Waals surface area contributed by atoms with Gasteiger partial charge >= 0.3 is 0 Å². The van der Waals surface area contributed by atoms with E-state index >= 15 is 0 Å². The Morgan fingerprint density at radius 3 is 1.54 bits per heavy atom. The summed E-state index contributed by atoms with van der Waals surface area (Å²) in [6, 6.07) is 0. The van der Waals surface area contributed by atoms with Crippen molar-refractivity contribution in [2.75, 3.05) is 27.3 Å². The fourth-order valence-corrected chi connectivity index (χ4v) is 3.69. The molecule has 0 saturated heterocycles. The average molecular weight is 359 g/mol. The molecule has 0 saturated carbocycles. The molecule has 1 aliphatic rings. The zero-order chi connectivity index (χ0) is 16.8. The molecule has 0 aromatic carbocycles. The van der Waals surface area contributed by atoms with Gasteiger partial charge in [-0.2, -0.15) is 0 Å². The Morgan fingerprint density at radius 2 is 1.17 bits per heavy atom. The first-order valence-corrected chi connectivity index (χ1v) is 10.4. The highest BCUT2D eigenvalue weighted by molar-refractivity contribution is 4.78. The van der Waals surface area contributed by atoms with E-state index in [0.29, 0.717) is 0 Å². The van der Waals surface area contributed by atoms with E-state index in [1.807, 2.05) is 0 Å². The first-order valence-electron chi connectivity index (χ1n) is 10.4. The quantitative estimate of drug-likeness (QED) is 0.321. The molecule has 1 aliphatic heterocycles. The molecule has 3 heteroatoms. The van der Waals surface area contributed by atoms with Gasteiger partial charge in [0.05, 0.1) is 19.8 Å². The number of unbranched alkanes of at least 4 members (excludes halogenated alkanes) is 13. The van der Waals surface area contributed by atoms with Crippen LogP contribution in [0.1, 0.15) is 96.8 Å². The van der Waals surface area contributed by atoms with Crippen LogP contribution in [-0.4, -0.2) is 36.7 Å².